The van der Waals surface area contributed by atoms with Gasteiger partial charge in [0.2, 0.25) is 0 Å². The summed E-state index contributed by atoms with van der Waals surface area (Å²) in [6.07, 6.45) is 2.27. The molecule has 1 fully saturated rings. The number of hydrogen-bond donors (Lipinski definition) is 0. The molecule has 0 spiro atoms. The third-order valence-corrected chi connectivity index (χ3v) is 2.58. The van der Waals surface area contributed by atoms with Gasteiger partial charge >= 0.3 is 0 Å². The molecule has 2 rings (SSSR count). The second kappa shape index (κ2) is 3.30. The van der Waals surface area contributed by atoms with Crippen LogP contribution in [-0.4, -0.2) is 13.1 Å². The lowest BCUT2D eigenvalue weighted by molar-refractivity contribution is 0.623. The average Bonchev–Trinajstić information content (AvgIpc) is 2.99. The van der Waals surface area contributed by atoms with E-state index in [1.54, 1.807) is 12.1 Å². The van der Waals surface area contributed by atoms with Crippen LogP contribution in [0, 0.1) is 17.1 Å². The Morgan fingerprint density at radius 1 is 1.50 bits per heavy atom. The maximum absolute atomic E-state index is 13.2. The minimum atomic E-state index is -0.433. The molecule has 0 aliphatic heterocycles. The van der Waals surface area contributed by atoms with E-state index in [1.165, 1.54) is 6.07 Å². The Morgan fingerprint density at radius 2 is 2.21 bits per heavy atom. The third-order valence-electron chi connectivity index (χ3n) is 2.58. The number of rotatable bonds is 2. The Balaban J connectivity index is 2.41. The van der Waals surface area contributed by atoms with Crippen molar-refractivity contribution < 1.29 is 4.39 Å². The minimum absolute atomic E-state index is 0.155. The van der Waals surface area contributed by atoms with Gasteiger partial charge in [-0.15, -0.1) is 0 Å². The number of hydrogen-bond acceptors (Lipinski definition) is 2. The first kappa shape index (κ1) is 9.01. The lowest BCUT2D eigenvalue weighted by Crippen LogP contribution is -2.20. The Morgan fingerprint density at radius 3 is 2.79 bits per heavy atom. The third kappa shape index (κ3) is 1.44. The average molecular weight is 190 g/mol. The molecule has 14 heavy (non-hydrogen) atoms. The van der Waals surface area contributed by atoms with Crippen LogP contribution in [0.2, 0.25) is 0 Å². The Kier molecular flexibility index (Phi) is 2.12. The van der Waals surface area contributed by atoms with E-state index in [-0.39, 0.29) is 5.56 Å². The summed E-state index contributed by atoms with van der Waals surface area (Å²) in [5.41, 5.74) is 0.858. The van der Waals surface area contributed by atoms with Crippen LogP contribution in [0.1, 0.15) is 18.4 Å². The van der Waals surface area contributed by atoms with Gasteiger partial charge in [0, 0.05) is 13.1 Å². The fourth-order valence-electron chi connectivity index (χ4n) is 1.58. The van der Waals surface area contributed by atoms with Gasteiger partial charge in [-0.05, 0) is 25.0 Å². The Labute approximate surface area is 82.6 Å². The number of nitrogens with zero attached hydrogens (tertiary/aromatic N) is 2. The highest BCUT2D eigenvalue weighted by Gasteiger charge is 2.28. The molecule has 1 saturated carbocycles. The Bertz CT molecular complexity index is 391. The molecule has 0 bridgehead atoms. The van der Waals surface area contributed by atoms with Gasteiger partial charge in [-0.25, -0.2) is 4.39 Å². The van der Waals surface area contributed by atoms with Crippen molar-refractivity contribution in [2.45, 2.75) is 18.9 Å². The van der Waals surface area contributed by atoms with Crippen molar-refractivity contribution in [2.75, 3.05) is 11.9 Å². The maximum atomic E-state index is 13.2. The van der Waals surface area contributed by atoms with Gasteiger partial charge in [0.15, 0.2) is 0 Å². The second-order valence-electron chi connectivity index (χ2n) is 3.59. The molecule has 0 atom stereocenters. The summed E-state index contributed by atoms with van der Waals surface area (Å²) in [5, 5.41) is 8.83. The highest BCUT2D eigenvalue weighted by molar-refractivity contribution is 5.60. The molecule has 0 saturated heterocycles. The summed E-state index contributed by atoms with van der Waals surface area (Å²) in [6.45, 7) is 0. The van der Waals surface area contributed by atoms with Crippen molar-refractivity contribution in [2.24, 2.45) is 0 Å². The fourth-order valence-corrected chi connectivity index (χ4v) is 1.58. The highest BCUT2D eigenvalue weighted by Crippen LogP contribution is 2.32. The molecule has 72 valence electrons. The zero-order chi connectivity index (χ0) is 10.1. The fraction of sp³-hybridized carbons (Fsp3) is 0.364. The van der Waals surface area contributed by atoms with Crippen LogP contribution in [0.4, 0.5) is 10.1 Å². The van der Waals surface area contributed by atoms with Crippen molar-refractivity contribution in [1.82, 2.24) is 0 Å². The lowest BCUT2D eigenvalue weighted by atomic mass is 10.1. The smallest absolute Gasteiger partial charge is 0.143 e. The van der Waals surface area contributed by atoms with Gasteiger partial charge in [0.05, 0.1) is 5.69 Å². The standard InChI is InChI=1S/C11H11FN2/c1-14(8-5-6-8)11-4-2-3-10(12)9(11)7-13/h2-4,8H,5-6H2,1H3. The van der Waals surface area contributed by atoms with Crippen LogP contribution in [0.5, 0.6) is 0 Å². The first-order valence-electron chi connectivity index (χ1n) is 4.65. The van der Waals surface area contributed by atoms with E-state index in [0.717, 1.165) is 12.8 Å². The summed E-state index contributed by atoms with van der Waals surface area (Å²) in [5.74, 6) is -0.433. The molecule has 0 amide bonds. The van der Waals surface area contributed by atoms with Crippen molar-refractivity contribution in [3.8, 4) is 6.07 Å². The summed E-state index contributed by atoms with van der Waals surface area (Å²) in [7, 11) is 1.91. The van der Waals surface area contributed by atoms with Crippen LogP contribution in [-0.2, 0) is 0 Å². The molecule has 0 unspecified atom stereocenters. The molecule has 0 radical (unpaired) electrons. The second-order valence-corrected chi connectivity index (χ2v) is 3.59. The molecule has 0 heterocycles. The van der Waals surface area contributed by atoms with Crippen LogP contribution < -0.4 is 4.90 Å². The predicted molar refractivity (Wildman–Crippen MR) is 52.5 cm³/mol. The number of halogens is 1. The van der Waals surface area contributed by atoms with Crippen molar-refractivity contribution >= 4 is 5.69 Å². The van der Waals surface area contributed by atoms with Crippen LogP contribution in [0.15, 0.2) is 18.2 Å². The Hall–Kier alpha value is -1.56. The van der Waals surface area contributed by atoms with Crippen molar-refractivity contribution in [3.63, 3.8) is 0 Å². The van der Waals surface area contributed by atoms with Crippen molar-refractivity contribution in [3.05, 3.63) is 29.6 Å². The monoisotopic (exact) mass is 190 g/mol. The number of benzene rings is 1. The molecular weight excluding hydrogens is 179 g/mol. The van der Waals surface area contributed by atoms with Gasteiger partial charge < -0.3 is 4.90 Å². The quantitative estimate of drug-likeness (QED) is 0.715. The molecule has 1 aliphatic carbocycles. The molecule has 0 aromatic heterocycles. The van der Waals surface area contributed by atoms with E-state index in [1.807, 2.05) is 18.0 Å². The number of anilines is 1. The van der Waals surface area contributed by atoms with Crippen LogP contribution in [0.25, 0.3) is 0 Å². The predicted octanol–water partition coefficient (Wildman–Crippen LogP) is 2.30. The molecular formula is C11H11FN2. The van der Waals surface area contributed by atoms with Gasteiger partial charge in [-0.3, -0.25) is 0 Å². The first-order chi connectivity index (χ1) is 6.74. The van der Waals surface area contributed by atoms with Gasteiger partial charge in [-0.1, -0.05) is 6.07 Å². The van der Waals surface area contributed by atoms with E-state index < -0.39 is 5.82 Å². The van der Waals surface area contributed by atoms with Gasteiger partial charge in [-0.2, -0.15) is 5.26 Å². The SMILES string of the molecule is CN(c1cccc(F)c1C#N)C1CC1. The van der Waals surface area contributed by atoms with E-state index in [9.17, 15) is 4.39 Å². The zero-order valence-electron chi connectivity index (χ0n) is 8.00. The van der Waals surface area contributed by atoms with E-state index in [2.05, 4.69) is 0 Å². The van der Waals surface area contributed by atoms with Crippen LogP contribution in [0.3, 0.4) is 0 Å². The topological polar surface area (TPSA) is 27.0 Å². The normalized spacial score (nSPS) is 14.9. The summed E-state index contributed by atoms with van der Waals surface area (Å²) in [6, 6.07) is 7.16. The largest absolute Gasteiger partial charge is 0.370 e. The molecule has 1 aromatic rings. The zero-order valence-corrected chi connectivity index (χ0v) is 8.00. The van der Waals surface area contributed by atoms with Gasteiger partial charge in [0.25, 0.3) is 0 Å². The molecule has 2 nitrogen and oxygen atoms in total. The maximum Gasteiger partial charge on any atom is 0.143 e. The highest BCUT2D eigenvalue weighted by atomic mass is 19.1. The minimum Gasteiger partial charge on any atom is -0.370 e. The first-order valence-corrected chi connectivity index (χ1v) is 4.65. The molecule has 1 aromatic carbocycles. The summed E-state index contributed by atoms with van der Waals surface area (Å²) >= 11 is 0. The van der Waals surface area contributed by atoms with E-state index >= 15 is 0 Å². The summed E-state index contributed by atoms with van der Waals surface area (Å²) < 4.78 is 13.2. The van der Waals surface area contributed by atoms with E-state index in [4.69, 9.17) is 5.26 Å². The molecule has 3 heteroatoms. The number of nitriles is 1. The van der Waals surface area contributed by atoms with Crippen LogP contribution >= 0.6 is 0 Å². The molecule has 1 aliphatic rings. The van der Waals surface area contributed by atoms with Crippen molar-refractivity contribution in [1.29, 1.82) is 5.26 Å². The van der Waals surface area contributed by atoms with E-state index in [0.29, 0.717) is 11.7 Å². The summed E-state index contributed by atoms with van der Waals surface area (Å²) in [4.78, 5) is 1.99. The lowest BCUT2D eigenvalue weighted by Gasteiger charge is -2.19. The van der Waals surface area contributed by atoms with Gasteiger partial charge in [0.1, 0.15) is 17.4 Å². The molecule has 0 N–H and O–H groups in total.